The maximum Gasteiger partial charge on any atom is 0.271 e. The molecule has 0 bridgehead atoms. The van der Waals surface area contributed by atoms with Gasteiger partial charge in [0, 0.05) is 18.7 Å². The molecule has 2 aromatic rings. The number of nitro groups is 1. The molecule has 0 fully saturated rings. The number of ether oxygens (including phenoxy) is 1. The fourth-order valence-electron chi connectivity index (χ4n) is 1.54. The van der Waals surface area contributed by atoms with Gasteiger partial charge in [-0.2, -0.15) is 11.3 Å². The van der Waals surface area contributed by atoms with Crippen LogP contribution in [0.5, 0.6) is 5.75 Å². The number of hydrogen-bond acceptors (Lipinski definition) is 5. The molecule has 18 heavy (non-hydrogen) atoms. The van der Waals surface area contributed by atoms with Gasteiger partial charge in [0.05, 0.1) is 17.7 Å². The molecule has 2 rings (SSSR count). The van der Waals surface area contributed by atoms with Crippen LogP contribution in [0.4, 0.5) is 11.4 Å². The van der Waals surface area contributed by atoms with E-state index in [0.29, 0.717) is 18.0 Å². The van der Waals surface area contributed by atoms with Crippen LogP contribution < -0.4 is 10.1 Å². The summed E-state index contributed by atoms with van der Waals surface area (Å²) in [5.41, 5.74) is 1.80. The number of benzene rings is 1. The highest BCUT2D eigenvalue weighted by molar-refractivity contribution is 7.07. The van der Waals surface area contributed by atoms with Crippen LogP contribution in [0.15, 0.2) is 35.0 Å². The number of nitrogens with one attached hydrogen (secondary N) is 1. The number of nitrogens with zero attached hydrogens (tertiary/aromatic N) is 1. The molecule has 0 saturated heterocycles. The van der Waals surface area contributed by atoms with Crippen molar-refractivity contribution >= 4 is 22.7 Å². The molecule has 0 amide bonds. The molecule has 0 radical (unpaired) electrons. The molecule has 94 valence electrons. The van der Waals surface area contributed by atoms with E-state index in [0.717, 1.165) is 5.56 Å². The maximum atomic E-state index is 10.7. The minimum atomic E-state index is -0.421. The lowest BCUT2D eigenvalue weighted by molar-refractivity contribution is -0.384. The second kappa shape index (κ2) is 5.50. The Hall–Kier alpha value is -2.08. The first-order chi connectivity index (χ1) is 8.70. The SMILES string of the molecule is COc1ccc([N+](=O)[O-])cc1NCc1ccsc1. The lowest BCUT2D eigenvalue weighted by Crippen LogP contribution is -2.01. The van der Waals surface area contributed by atoms with Crippen LogP contribution in [0.1, 0.15) is 5.56 Å². The summed E-state index contributed by atoms with van der Waals surface area (Å²) >= 11 is 1.61. The molecule has 1 aromatic heterocycles. The molecular weight excluding hydrogens is 252 g/mol. The standard InChI is InChI=1S/C12H12N2O3S/c1-17-12-3-2-10(14(15)16)6-11(12)13-7-9-4-5-18-8-9/h2-6,8,13H,7H2,1H3. The second-order valence-electron chi connectivity index (χ2n) is 3.63. The number of rotatable bonds is 5. The average Bonchev–Trinajstić information content (AvgIpc) is 2.89. The molecule has 1 N–H and O–H groups in total. The predicted octanol–water partition coefficient (Wildman–Crippen LogP) is 3.28. The molecule has 1 aromatic carbocycles. The Labute approximate surface area is 108 Å². The maximum absolute atomic E-state index is 10.7. The molecule has 1 heterocycles. The van der Waals surface area contributed by atoms with Gasteiger partial charge >= 0.3 is 0 Å². The lowest BCUT2D eigenvalue weighted by Gasteiger charge is -2.10. The molecule has 0 atom stereocenters. The number of hydrogen-bond donors (Lipinski definition) is 1. The number of thiophene rings is 1. The Bertz CT molecular complexity index is 540. The molecule has 0 unspecified atom stereocenters. The van der Waals surface area contributed by atoms with Crippen molar-refractivity contribution in [3.05, 3.63) is 50.7 Å². The summed E-state index contributed by atoms with van der Waals surface area (Å²) in [6.07, 6.45) is 0. The lowest BCUT2D eigenvalue weighted by atomic mass is 10.2. The molecule has 6 heteroatoms. The third-order valence-electron chi connectivity index (χ3n) is 2.46. The van der Waals surface area contributed by atoms with E-state index in [-0.39, 0.29) is 5.69 Å². The second-order valence-corrected chi connectivity index (χ2v) is 4.41. The van der Waals surface area contributed by atoms with E-state index in [1.807, 2.05) is 16.8 Å². The van der Waals surface area contributed by atoms with Crippen molar-refractivity contribution in [1.82, 2.24) is 0 Å². The minimum absolute atomic E-state index is 0.0450. The van der Waals surface area contributed by atoms with Crippen LogP contribution >= 0.6 is 11.3 Å². The van der Waals surface area contributed by atoms with Crippen LogP contribution in [0.3, 0.4) is 0 Å². The zero-order valence-corrected chi connectivity index (χ0v) is 10.6. The van der Waals surface area contributed by atoms with Gasteiger partial charge in [-0.1, -0.05) is 0 Å². The van der Waals surface area contributed by atoms with Gasteiger partial charge in [-0.3, -0.25) is 10.1 Å². The van der Waals surface area contributed by atoms with Crippen LogP contribution in [-0.4, -0.2) is 12.0 Å². The minimum Gasteiger partial charge on any atom is -0.495 e. The molecule has 0 saturated carbocycles. The van der Waals surface area contributed by atoms with Crippen molar-refractivity contribution in [2.24, 2.45) is 0 Å². The largest absolute Gasteiger partial charge is 0.495 e. The topological polar surface area (TPSA) is 64.4 Å². The highest BCUT2D eigenvalue weighted by Gasteiger charge is 2.10. The third-order valence-corrected chi connectivity index (χ3v) is 3.19. The van der Waals surface area contributed by atoms with Crippen molar-refractivity contribution in [1.29, 1.82) is 0 Å². The van der Waals surface area contributed by atoms with Gasteiger partial charge in [0.15, 0.2) is 0 Å². The van der Waals surface area contributed by atoms with Gasteiger partial charge in [-0.05, 0) is 28.5 Å². The first-order valence-corrected chi connectivity index (χ1v) is 6.22. The summed E-state index contributed by atoms with van der Waals surface area (Å²) < 4.78 is 5.17. The summed E-state index contributed by atoms with van der Waals surface area (Å²) in [5.74, 6) is 0.593. The number of anilines is 1. The molecule has 0 spiro atoms. The van der Waals surface area contributed by atoms with Crippen LogP contribution in [-0.2, 0) is 6.54 Å². The average molecular weight is 264 g/mol. The van der Waals surface area contributed by atoms with E-state index in [4.69, 9.17) is 4.74 Å². The van der Waals surface area contributed by atoms with Gasteiger partial charge in [0.25, 0.3) is 5.69 Å². The van der Waals surface area contributed by atoms with Crippen LogP contribution in [0.2, 0.25) is 0 Å². The Morgan fingerprint density at radius 2 is 2.28 bits per heavy atom. The normalized spacial score (nSPS) is 10.1. The van der Waals surface area contributed by atoms with Gasteiger partial charge < -0.3 is 10.1 Å². The van der Waals surface area contributed by atoms with Crippen molar-refractivity contribution in [2.45, 2.75) is 6.54 Å². The molecule has 0 aliphatic heterocycles. The first-order valence-electron chi connectivity index (χ1n) is 5.28. The summed E-state index contributed by atoms with van der Waals surface area (Å²) in [4.78, 5) is 10.3. The Morgan fingerprint density at radius 3 is 2.89 bits per heavy atom. The first kappa shape index (κ1) is 12.4. The Morgan fingerprint density at radius 1 is 1.44 bits per heavy atom. The highest BCUT2D eigenvalue weighted by Crippen LogP contribution is 2.29. The van der Waals surface area contributed by atoms with Crippen molar-refractivity contribution in [2.75, 3.05) is 12.4 Å². The van der Waals surface area contributed by atoms with Crippen LogP contribution in [0.25, 0.3) is 0 Å². The zero-order chi connectivity index (χ0) is 13.0. The van der Waals surface area contributed by atoms with Crippen molar-refractivity contribution < 1.29 is 9.66 Å². The third kappa shape index (κ3) is 2.78. The number of nitro benzene ring substituents is 1. The van der Waals surface area contributed by atoms with E-state index in [1.54, 1.807) is 17.4 Å². The number of methoxy groups -OCH3 is 1. The van der Waals surface area contributed by atoms with E-state index >= 15 is 0 Å². The smallest absolute Gasteiger partial charge is 0.271 e. The number of non-ortho nitro benzene ring substituents is 1. The van der Waals surface area contributed by atoms with Gasteiger partial charge in [0.2, 0.25) is 0 Å². The van der Waals surface area contributed by atoms with Gasteiger partial charge in [-0.15, -0.1) is 0 Å². The fraction of sp³-hybridized carbons (Fsp3) is 0.167. The van der Waals surface area contributed by atoms with Gasteiger partial charge in [0.1, 0.15) is 5.75 Å². The summed E-state index contributed by atoms with van der Waals surface area (Å²) in [6, 6.07) is 6.50. The molecule has 0 aliphatic rings. The van der Waals surface area contributed by atoms with E-state index in [1.165, 1.54) is 19.2 Å². The van der Waals surface area contributed by atoms with E-state index in [9.17, 15) is 10.1 Å². The van der Waals surface area contributed by atoms with E-state index < -0.39 is 4.92 Å². The quantitative estimate of drug-likeness (QED) is 0.665. The molecule has 5 nitrogen and oxygen atoms in total. The Balaban J connectivity index is 2.18. The van der Waals surface area contributed by atoms with Gasteiger partial charge in [-0.25, -0.2) is 0 Å². The van der Waals surface area contributed by atoms with E-state index in [2.05, 4.69) is 5.32 Å². The summed E-state index contributed by atoms with van der Waals surface area (Å²) in [5, 5.41) is 17.9. The molecular formula is C12H12N2O3S. The predicted molar refractivity (Wildman–Crippen MR) is 71.3 cm³/mol. The summed E-state index contributed by atoms with van der Waals surface area (Å²) in [7, 11) is 1.54. The Kier molecular flexibility index (Phi) is 3.78. The monoisotopic (exact) mass is 264 g/mol. The zero-order valence-electron chi connectivity index (χ0n) is 9.75. The van der Waals surface area contributed by atoms with Crippen molar-refractivity contribution in [3.8, 4) is 5.75 Å². The van der Waals surface area contributed by atoms with Crippen molar-refractivity contribution in [3.63, 3.8) is 0 Å². The summed E-state index contributed by atoms with van der Waals surface area (Å²) in [6.45, 7) is 0.612. The molecule has 0 aliphatic carbocycles. The highest BCUT2D eigenvalue weighted by atomic mass is 32.1. The fourth-order valence-corrected chi connectivity index (χ4v) is 2.21. The van der Waals surface area contributed by atoms with Crippen LogP contribution in [0, 0.1) is 10.1 Å².